The summed E-state index contributed by atoms with van der Waals surface area (Å²) in [6.45, 7) is 0. The molecule has 2 amide bonds. The third-order valence-electron chi connectivity index (χ3n) is 3.68. The van der Waals surface area contributed by atoms with Gasteiger partial charge >= 0.3 is 0 Å². The molecule has 0 radical (unpaired) electrons. The quantitative estimate of drug-likeness (QED) is 0.766. The lowest BCUT2D eigenvalue weighted by molar-refractivity contribution is 0.0827. The number of hydrogen-bond donors (Lipinski definition) is 1. The molecule has 3 rings (SSSR count). The summed E-state index contributed by atoms with van der Waals surface area (Å²) < 4.78 is 1.60. The molecule has 1 N–H and O–H groups in total. The molecule has 0 unspecified atom stereocenters. The summed E-state index contributed by atoms with van der Waals surface area (Å²) in [5, 5.41) is 10.7. The topological polar surface area (TPSA) is 80.1 Å². The lowest BCUT2D eigenvalue weighted by Crippen LogP contribution is -2.22. The van der Waals surface area contributed by atoms with E-state index in [0.29, 0.717) is 16.8 Å². The molecule has 26 heavy (non-hydrogen) atoms. The van der Waals surface area contributed by atoms with Gasteiger partial charge in [0, 0.05) is 25.3 Å². The second kappa shape index (κ2) is 7.37. The SMILES string of the molecule is CN(C)C(=O)c1ccc(NC(=O)c2ccc(-n3ccnn3)cc2)cc1Cl. The van der Waals surface area contributed by atoms with Crippen LogP contribution in [0, 0.1) is 0 Å². The van der Waals surface area contributed by atoms with Crippen LogP contribution in [0.15, 0.2) is 54.9 Å². The molecule has 1 aromatic heterocycles. The van der Waals surface area contributed by atoms with Gasteiger partial charge in [-0.15, -0.1) is 5.10 Å². The molecule has 2 aromatic carbocycles. The number of carbonyl (C=O) groups is 2. The Balaban J connectivity index is 1.73. The summed E-state index contributed by atoms with van der Waals surface area (Å²) in [6, 6.07) is 11.7. The largest absolute Gasteiger partial charge is 0.345 e. The molecule has 7 nitrogen and oxygen atoms in total. The van der Waals surface area contributed by atoms with Gasteiger partial charge in [-0.25, -0.2) is 4.68 Å². The first-order valence-corrected chi connectivity index (χ1v) is 8.13. The van der Waals surface area contributed by atoms with Crippen molar-refractivity contribution in [2.75, 3.05) is 19.4 Å². The minimum absolute atomic E-state index is 0.198. The van der Waals surface area contributed by atoms with Crippen LogP contribution in [0.5, 0.6) is 0 Å². The van der Waals surface area contributed by atoms with Crippen molar-refractivity contribution in [1.82, 2.24) is 19.9 Å². The predicted molar refractivity (Wildman–Crippen MR) is 98.8 cm³/mol. The highest BCUT2D eigenvalue weighted by Crippen LogP contribution is 2.22. The number of halogens is 1. The van der Waals surface area contributed by atoms with Gasteiger partial charge in [0.05, 0.1) is 28.7 Å². The van der Waals surface area contributed by atoms with Crippen LogP contribution in [-0.4, -0.2) is 45.8 Å². The van der Waals surface area contributed by atoms with Crippen molar-refractivity contribution in [3.63, 3.8) is 0 Å². The average Bonchev–Trinajstić information content (AvgIpc) is 3.16. The van der Waals surface area contributed by atoms with Gasteiger partial charge in [0.1, 0.15) is 0 Å². The van der Waals surface area contributed by atoms with Gasteiger partial charge in [0.2, 0.25) is 0 Å². The zero-order valence-electron chi connectivity index (χ0n) is 14.2. The number of anilines is 1. The van der Waals surface area contributed by atoms with Crippen molar-refractivity contribution in [1.29, 1.82) is 0 Å². The molecular formula is C18H16ClN5O2. The molecule has 0 saturated heterocycles. The average molecular weight is 370 g/mol. The van der Waals surface area contributed by atoms with Crippen LogP contribution in [0.3, 0.4) is 0 Å². The first kappa shape index (κ1) is 17.6. The highest BCUT2D eigenvalue weighted by Gasteiger charge is 2.14. The molecule has 1 heterocycles. The van der Waals surface area contributed by atoms with Crippen LogP contribution in [0.2, 0.25) is 5.02 Å². The Kier molecular flexibility index (Phi) is 4.99. The smallest absolute Gasteiger partial charge is 0.255 e. The third-order valence-corrected chi connectivity index (χ3v) is 3.99. The van der Waals surface area contributed by atoms with Crippen LogP contribution in [0.1, 0.15) is 20.7 Å². The van der Waals surface area contributed by atoms with Gasteiger partial charge in [-0.3, -0.25) is 9.59 Å². The summed E-state index contributed by atoms with van der Waals surface area (Å²) in [5.74, 6) is -0.477. The predicted octanol–water partition coefficient (Wildman–Crippen LogP) is 2.87. The van der Waals surface area contributed by atoms with Crippen LogP contribution in [0.25, 0.3) is 5.69 Å². The highest BCUT2D eigenvalue weighted by molar-refractivity contribution is 6.34. The van der Waals surface area contributed by atoms with Crippen molar-refractivity contribution in [2.24, 2.45) is 0 Å². The van der Waals surface area contributed by atoms with Crippen molar-refractivity contribution in [3.05, 3.63) is 71.0 Å². The van der Waals surface area contributed by atoms with Gasteiger partial charge in [-0.2, -0.15) is 0 Å². The molecule has 0 spiro atoms. The Labute approximate surface area is 155 Å². The number of carbonyl (C=O) groups excluding carboxylic acids is 2. The second-order valence-electron chi connectivity index (χ2n) is 5.74. The standard InChI is InChI=1S/C18H16ClN5O2/c1-23(2)18(26)15-8-5-13(11-16(15)19)21-17(25)12-3-6-14(7-4-12)24-10-9-20-22-24/h3-11H,1-2H3,(H,21,25). The maximum absolute atomic E-state index is 12.4. The molecule has 8 heteroatoms. The van der Waals surface area contributed by atoms with Gasteiger partial charge in [-0.1, -0.05) is 16.8 Å². The third kappa shape index (κ3) is 3.73. The zero-order chi connectivity index (χ0) is 18.7. The minimum Gasteiger partial charge on any atom is -0.345 e. The van der Waals surface area contributed by atoms with Crippen LogP contribution >= 0.6 is 11.6 Å². The van der Waals surface area contributed by atoms with E-state index in [0.717, 1.165) is 5.69 Å². The van der Waals surface area contributed by atoms with Crippen LogP contribution < -0.4 is 5.32 Å². The van der Waals surface area contributed by atoms with Crippen molar-refractivity contribution in [3.8, 4) is 5.69 Å². The molecule has 0 aliphatic heterocycles. The fourth-order valence-corrected chi connectivity index (χ4v) is 2.58. The number of aromatic nitrogens is 3. The fourth-order valence-electron chi connectivity index (χ4n) is 2.32. The number of nitrogens with zero attached hydrogens (tertiary/aromatic N) is 4. The number of hydrogen-bond acceptors (Lipinski definition) is 4. The van der Waals surface area contributed by atoms with E-state index in [2.05, 4.69) is 15.6 Å². The highest BCUT2D eigenvalue weighted by atomic mass is 35.5. The minimum atomic E-state index is -0.280. The van der Waals surface area contributed by atoms with Crippen molar-refractivity contribution >= 4 is 29.1 Å². The van der Waals surface area contributed by atoms with Crippen LogP contribution in [0.4, 0.5) is 5.69 Å². The van der Waals surface area contributed by atoms with Gasteiger partial charge in [0.15, 0.2) is 0 Å². The molecular weight excluding hydrogens is 354 g/mol. The molecule has 0 aliphatic carbocycles. The summed E-state index contributed by atoms with van der Waals surface area (Å²) in [7, 11) is 3.30. The molecule has 3 aromatic rings. The monoisotopic (exact) mass is 369 g/mol. The summed E-state index contributed by atoms with van der Waals surface area (Å²) in [5.41, 5.74) is 2.18. The van der Waals surface area contributed by atoms with Crippen LogP contribution in [-0.2, 0) is 0 Å². The molecule has 0 atom stereocenters. The first-order valence-electron chi connectivity index (χ1n) is 7.75. The Bertz CT molecular complexity index is 937. The van der Waals surface area contributed by atoms with E-state index in [1.807, 2.05) is 0 Å². The van der Waals surface area contributed by atoms with E-state index in [9.17, 15) is 9.59 Å². The van der Waals surface area contributed by atoms with Gasteiger partial charge < -0.3 is 10.2 Å². The molecule has 0 saturated carbocycles. The second-order valence-corrected chi connectivity index (χ2v) is 6.15. The summed E-state index contributed by atoms with van der Waals surface area (Å²) in [6.07, 6.45) is 3.29. The maximum atomic E-state index is 12.4. The number of benzene rings is 2. The maximum Gasteiger partial charge on any atom is 0.255 e. The number of amides is 2. The summed E-state index contributed by atoms with van der Waals surface area (Å²) in [4.78, 5) is 25.8. The van der Waals surface area contributed by atoms with E-state index in [1.54, 1.807) is 73.6 Å². The van der Waals surface area contributed by atoms with E-state index >= 15 is 0 Å². The lowest BCUT2D eigenvalue weighted by Gasteiger charge is -2.13. The first-order chi connectivity index (χ1) is 12.5. The fraction of sp³-hybridized carbons (Fsp3) is 0.111. The Morgan fingerprint density at radius 1 is 1.12 bits per heavy atom. The summed E-state index contributed by atoms with van der Waals surface area (Å²) >= 11 is 6.16. The van der Waals surface area contributed by atoms with E-state index < -0.39 is 0 Å². The Morgan fingerprint density at radius 3 is 2.42 bits per heavy atom. The normalized spacial score (nSPS) is 10.4. The van der Waals surface area contributed by atoms with Gasteiger partial charge in [-0.05, 0) is 42.5 Å². The van der Waals surface area contributed by atoms with Crippen molar-refractivity contribution < 1.29 is 9.59 Å². The van der Waals surface area contributed by atoms with E-state index in [4.69, 9.17) is 11.6 Å². The van der Waals surface area contributed by atoms with Gasteiger partial charge in [0.25, 0.3) is 11.8 Å². The number of nitrogens with one attached hydrogen (secondary N) is 1. The number of rotatable bonds is 4. The van der Waals surface area contributed by atoms with E-state index in [-0.39, 0.29) is 16.8 Å². The zero-order valence-corrected chi connectivity index (χ0v) is 14.9. The lowest BCUT2D eigenvalue weighted by atomic mass is 10.1. The van der Waals surface area contributed by atoms with E-state index in [1.165, 1.54) is 4.90 Å². The molecule has 0 bridgehead atoms. The Morgan fingerprint density at radius 2 is 1.85 bits per heavy atom. The molecule has 132 valence electrons. The van der Waals surface area contributed by atoms with Crippen molar-refractivity contribution in [2.45, 2.75) is 0 Å². The Hall–Kier alpha value is -3.19. The molecule has 0 fully saturated rings. The molecule has 0 aliphatic rings.